The van der Waals surface area contributed by atoms with Gasteiger partial charge < -0.3 is 4.90 Å². The van der Waals surface area contributed by atoms with Crippen molar-refractivity contribution in [2.45, 2.75) is 131 Å². The van der Waals surface area contributed by atoms with Crippen LogP contribution in [-0.2, 0) is 6.54 Å². The number of rotatable bonds is 15. The van der Waals surface area contributed by atoms with Crippen LogP contribution in [0.1, 0.15) is 163 Å². The average Bonchev–Trinajstić information content (AvgIpc) is 4.04. The van der Waals surface area contributed by atoms with Gasteiger partial charge in [-0.25, -0.2) is 9.56 Å². The van der Waals surface area contributed by atoms with E-state index in [2.05, 4.69) is 224 Å². The molecule has 336 valence electrons. The SMILES string of the molecule is CC1=CC(C=[N+](/C=C\N(C)c2c(C(C)C)cc(C3=CCCC=C3)cc2C2CC2)Cc2ccccc2-c2nccn2-c2c(C(C)C)cc(-c3ccc(C(C)C)cc3)cc2C(C)C)C=CC1C. The monoisotopic (exact) mass is 862 g/mol. The number of hydrogen-bond donors (Lipinski definition) is 0. The van der Waals surface area contributed by atoms with Crippen LogP contribution < -0.4 is 4.90 Å². The minimum atomic E-state index is 0.196. The first-order valence-corrected chi connectivity index (χ1v) is 24.6. The number of aromatic nitrogens is 2. The van der Waals surface area contributed by atoms with Crippen LogP contribution in [0.3, 0.4) is 0 Å². The zero-order chi connectivity index (χ0) is 45.9. The van der Waals surface area contributed by atoms with E-state index in [1.54, 1.807) is 0 Å². The fourth-order valence-corrected chi connectivity index (χ4v) is 9.74. The molecule has 2 unspecified atom stereocenters. The van der Waals surface area contributed by atoms with Gasteiger partial charge in [0, 0.05) is 36.3 Å². The van der Waals surface area contributed by atoms with Crippen LogP contribution in [0, 0.1) is 11.8 Å². The largest absolute Gasteiger partial charge is 0.345 e. The highest BCUT2D eigenvalue weighted by Gasteiger charge is 2.30. The van der Waals surface area contributed by atoms with Crippen LogP contribution in [0.4, 0.5) is 5.69 Å². The summed E-state index contributed by atoms with van der Waals surface area (Å²) in [5.41, 5.74) is 18.6. The first kappa shape index (κ1) is 45.8. The molecule has 0 radical (unpaired) electrons. The second-order valence-corrected chi connectivity index (χ2v) is 20.3. The predicted octanol–water partition coefficient (Wildman–Crippen LogP) is 16.3. The molecule has 2 atom stereocenters. The molecule has 8 rings (SSSR count). The van der Waals surface area contributed by atoms with E-state index in [1.165, 1.54) is 85.4 Å². The van der Waals surface area contributed by atoms with Crippen molar-refractivity contribution in [1.29, 1.82) is 0 Å². The summed E-state index contributed by atoms with van der Waals surface area (Å²) in [6.45, 7) is 23.8. The van der Waals surface area contributed by atoms with Crippen LogP contribution in [-0.4, -0.2) is 27.4 Å². The van der Waals surface area contributed by atoms with E-state index in [0.717, 1.165) is 24.2 Å². The highest BCUT2D eigenvalue weighted by molar-refractivity contribution is 5.79. The number of hydrogen-bond acceptors (Lipinski definition) is 2. The molecule has 3 aliphatic rings. The van der Waals surface area contributed by atoms with Crippen molar-refractivity contribution >= 4 is 17.5 Å². The summed E-state index contributed by atoms with van der Waals surface area (Å²) in [5, 5.41) is 0. The standard InChI is InChI=1S/C61H73N4/c1-40(2)47-23-25-49(26-24-47)52-35-56(42(5)6)60(57(36-52)43(7)8)65-30-29-62-61(65)54-20-16-15-19-51(54)39-64(38-46-22-21-44(9)45(10)33-46)32-31-63(11)59-55(41(3)4)34-53(37-58(59)50-27-28-50)48-17-13-12-14-18-48/h13,15-26,29-38,40-44,46,50H,12,14,27-28,39H2,1-11H3/q+1/b32-31-,64-38?. The Morgan fingerprint density at radius 1 is 0.785 bits per heavy atom. The highest BCUT2D eigenvalue weighted by atomic mass is 15.1. The number of anilines is 1. The summed E-state index contributed by atoms with van der Waals surface area (Å²) in [7, 11) is 2.25. The zero-order valence-electron chi connectivity index (χ0n) is 41.1. The van der Waals surface area contributed by atoms with Gasteiger partial charge in [-0.15, -0.1) is 0 Å². The van der Waals surface area contributed by atoms with Crippen LogP contribution in [0.2, 0.25) is 0 Å². The third kappa shape index (κ3) is 10.2. The first-order valence-electron chi connectivity index (χ1n) is 24.6. The minimum absolute atomic E-state index is 0.196. The molecule has 0 N–H and O–H groups in total. The maximum absolute atomic E-state index is 5.16. The predicted molar refractivity (Wildman–Crippen MR) is 279 cm³/mol. The molecule has 1 aromatic heterocycles. The van der Waals surface area contributed by atoms with E-state index >= 15 is 0 Å². The molecular formula is C61H73N4+. The van der Waals surface area contributed by atoms with E-state index in [1.807, 2.05) is 6.20 Å². The Labute approximate surface area is 391 Å². The van der Waals surface area contributed by atoms with Gasteiger partial charge in [0.15, 0.2) is 19.0 Å². The lowest BCUT2D eigenvalue weighted by Gasteiger charge is -2.26. The highest BCUT2D eigenvalue weighted by Crippen LogP contribution is 2.48. The fourth-order valence-electron chi connectivity index (χ4n) is 9.74. The Balaban J connectivity index is 1.19. The normalized spacial score (nSPS) is 17.9. The van der Waals surface area contributed by atoms with Gasteiger partial charge in [-0.1, -0.05) is 153 Å². The molecule has 4 heteroatoms. The molecule has 1 heterocycles. The topological polar surface area (TPSA) is 24.1 Å². The fraction of sp³-hybridized carbons (Fsp3) is 0.377. The molecule has 65 heavy (non-hydrogen) atoms. The van der Waals surface area contributed by atoms with E-state index in [4.69, 9.17) is 4.98 Å². The lowest BCUT2D eigenvalue weighted by molar-refractivity contribution is -0.471. The summed E-state index contributed by atoms with van der Waals surface area (Å²) in [6, 6.07) is 27.9. The van der Waals surface area contributed by atoms with Crippen molar-refractivity contribution in [2.75, 3.05) is 11.9 Å². The van der Waals surface area contributed by atoms with Crippen LogP contribution in [0.5, 0.6) is 0 Å². The maximum Gasteiger partial charge on any atom is 0.185 e. The van der Waals surface area contributed by atoms with Gasteiger partial charge in [-0.3, -0.25) is 4.57 Å². The van der Waals surface area contributed by atoms with E-state index in [0.29, 0.717) is 42.1 Å². The average molecular weight is 862 g/mol. The summed E-state index contributed by atoms with van der Waals surface area (Å²) in [5.74, 6) is 3.77. The van der Waals surface area contributed by atoms with Gasteiger partial charge in [0.1, 0.15) is 5.82 Å². The minimum Gasteiger partial charge on any atom is -0.345 e. The molecule has 1 saturated carbocycles. The van der Waals surface area contributed by atoms with Crippen molar-refractivity contribution in [2.24, 2.45) is 11.8 Å². The third-order valence-electron chi connectivity index (χ3n) is 13.9. The van der Waals surface area contributed by atoms with Gasteiger partial charge in [0.05, 0.1) is 17.8 Å². The molecular weight excluding hydrogens is 789 g/mol. The first-order chi connectivity index (χ1) is 31.3. The Hall–Kier alpha value is -5.74. The lowest BCUT2D eigenvalue weighted by Crippen LogP contribution is -2.18. The summed E-state index contributed by atoms with van der Waals surface area (Å²) in [4.78, 5) is 7.57. The van der Waals surface area contributed by atoms with Crippen LogP contribution in [0.15, 0.2) is 140 Å². The van der Waals surface area contributed by atoms with Crippen LogP contribution in [0.25, 0.3) is 33.8 Å². The molecule has 0 saturated heterocycles. The Bertz CT molecular complexity index is 2630. The molecule has 4 nitrogen and oxygen atoms in total. The second-order valence-electron chi connectivity index (χ2n) is 20.3. The van der Waals surface area contributed by atoms with E-state index < -0.39 is 0 Å². The Morgan fingerprint density at radius 2 is 1.48 bits per heavy atom. The van der Waals surface area contributed by atoms with Gasteiger partial charge in [0.2, 0.25) is 0 Å². The van der Waals surface area contributed by atoms with Crippen molar-refractivity contribution < 1.29 is 4.58 Å². The Morgan fingerprint density at radius 3 is 2.11 bits per heavy atom. The van der Waals surface area contributed by atoms with Gasteiger partial charge in [-0.2, -0.15) is 0 Å². The van der Waals surface area contributed by atoms with Crippen molar-refractivity contribution in [3.05, 3.63) is 179 Å². The molecule has 0 amide bonds. The molecule has 0 aliphatic heterocycles. The smallest absolute Gasteiger partial charge is 0.185 e. The number of benzene rings is 4. The van der Waals surface area contributed by atoms with E-state index in [-0.39, 0.29) is 5.92 Å². The van der Waals surface area contributed by atoms with E-state index in [9.17, 15) is 0 Å². The number of allylic oxidation sites excluding steroid dienone is 8. The van der Waals surface area contributed by atoms with Crippen molar-refractivity contribution in [3.63, 3.8) is 0 Å². The van der Waals surface area contributed by atoms with Crippen molar-refractivity contribution in [1.82, 2.24) is 9.55 Å². The molecule has 0 bridgehead atoms. The van der Waals surface area contributed by atoms with Crippen LogP contribution >= 0.6 is 0 Å². The molecule has 5 aromatic rings. The maximum atomic E-state index is 5.16. The molecule has 0 spiro atoms. The Kier molecular flexibility index (Phi) is 13.9. The number of nitrogens with zero attached hydrogens (tertiary/aromatic N) is 4. The second kappa shape index (κ2) is 19.8. The van der Waals surface area contributed by atoms with Gasteiger partial charge in [0.25, 0.3) is 0 Å². The van der Waals surface area contributed by atoms with Gasteiger partial charge in [-0.05, 0) is 142 Å². The van der Waals surface area contributed by atoms with Crippen molar-refractivity contribution in [3.8, 4) is 28.2 Å². The zero-order valence-corrected chi connectivity index (χ0v) is 41.1. The quantitative estimate of drug-likeness (QED) is 0.0595. The molecule has 4 aromatic carbocycles. The number of imidazole rings is 1. The molecule has 1 fully saturated rings. The summed E-state index contributed by atoms with van der Waals surface area (Å²) >= 11 is 0. The third-order valence-corrected chi connectivity index (χ3v) is 13.9. The lowest BCUT2D eigenvalue weighted by atomic mass is 9.87. The summed E-state index contributed by atoms with van der Waals surface area (Å²) in [6.07, 6.45) is 30.2. The summed E-state index contributed by atoms with van der Waals surface area (Å²) < 4.78 is 4.79. The van der Waals surface area contributed by atoms with Gasteiger partial charge >= 0.3 is 0 Å². The molecule has 3 aliphatic carbocycles.